The maximum Gasteiger partial charge on any atom is 0.340 e. The molecule has 0 aliphatic carbocycles. The first-order valence-electron chi connectivity index (χ1n) is 6.64. The number of esters is 1. The average molecular weight is 269 g/mol. The topological polar surface area (TPSA) is 39.2 Å². The fourth-order valence-electron chi connectivity index (χ4n) is 1.76. The summed E-state index contributed by atoms with van der Waals surface area (Å²) in [7, 11) is 0. The van der Waals surface area contributed by atoms with Gasteiger partial charge < -0.3 is 4.74 Å². The predicted molar refractivity (Wildman–Crippen MR) is 78.5 cm³/mol. The standard InChI is InChI=1S/C17H19NO2/c1-17(2,3)15-10-9-14(11-18-15)16(19)20-12-13-7-5-4-6-8-13/h4-11H,12H2,1-3H3. The van der Waals surface area contributed by atoms with Gasteiger partial charge in [0.25, 0.3) is 0 Å². The third-order valence-corrected chi connectivity index (χ3v) is 2.98. The number of rotatable bonds is 3. The average Bonchev–Trinajstić information content (AvgIpc) is 2.45. The number of hydrogen-bond acceptors (Lipinski definition) is 3. The Labute approximate surface area is 119 Å². The van der Waals surface area contributed by atoms with E-state index in [9.17, 15) is 4.79 Å². The minimum atomic E-state index is -0.346. The molecule has 0 aliphatic rings. The highest BCUT2D eigenvalue weighted by Gasteiger charge is 2.16. The monoisotopic (exact) mass is 269 g/mol. The molecule has 1 aromatic carbocycles. The van der Waals surface area contributed by atoms with Crippen molar-refractivity contribution in [1.82, 2.24) is 4.98 Å². The molecule has 2 rings (SSSR count). The molecule has 1 heterocycles. The van der Waals surface area contributed by atoms with E-state index in [0.717, 1.165) is 11.3 Å². The van der Waals surface area contributed by atoms with E-state index in [1.165, 1.54) is 0 Å². The van der Waals surface area contributed by atoms with Gasteiger partial charge in [0.05, 0.1) is 5.56 Å². The van der Waals surface area contributed by atoms with Gasteiger partial charge in [0.1, 0.15) is 6.61 Å². The molecule has 0 bridgehead atoms. The minimum absolute atomic E-state index is 0.0214. The molecule has 0 aliphatic heterocycles. The van der Waals surface area contributed by atoms with Gasteiger partial charge >= 0.3 is 5.97 Å². The SMILES string of the molecule is CC(C)(C)c1ccc(C(=O)OCc2ccccc2)cn1. The first kappa shape index (κ1) is 14.3. The van der Waals surface area contributed by atoms with Crippen LogP contribution in [0, 0.1) is 0 Å². The Kier molecular flexibility index (Phi) is 4.18. The normalized spacial score (nSPS) is 11.2. The van der Waals surface area contributed by atoms with Gasteiger partial charge in [-0.25, -0.2) is 4.79 Å². The number of aromatic nitrogens is 1. The first-order valence-corrected chi connectivity index (χ1v) is 6.64. The van der Waals surface area contributed by atoms with Gasteiger partial charge in [-0.2, -0.15) is 0 Å². The van der Waals surface area contributed by atoms with Crippen LogP contribution in [-0.2, 0) is 16.8 Å². The molecule has 0 N–H and O–H groups in total. The van der Waals surface area contributed by atoms with Gasteiger partial charge in [0, 0.05) is 17.3 Å². The highest BCUT2D eigenvalue weighted by molar-refractivity contribution is 5.88. The van der Waals surface area contributed by atoms with E-state index < -0.39 is 0 Å². The van der Waals surface area contributed by atoms with E-state index >= 15 is 0 Å². The Bertz CT molecular complexity index is 568. The second-order valence-electron chi connectivity index (χ2n) is 5.74. The van der Waals surface area contributed by atoms with Gasteiger partial charge in [-0.05, 0) is 17.7 Å². The Balaban J connectivity index is 1.99. The molecule has 1 aromatic heterocycles. The van der Waals surface area contributed by atoms with E-state index in [-0.39, 0.29) is 18.0 Å². The maximum atomic E-state index is 11.9. The van der Waals surface area contributed by atoms with Crippen molar-refractivity contribution >= 4 is 5.97 Å². The van der Waals surface area contributed by atoms with E-state index in [1.54, 1.807) is 12.3 Å². The number of nitrogens with zero attached hydrogens (tertiary/aromatic N) is 1. The summed E-state index contributed by atoms with van der Waals surface area (Å²) in [6.45, 7) is 6.54. The van der Waals surface area contributed by atoms with Crippen LogP contribution in [0.2, 0.25) is 0 Å². The zero-order valence-corrected chi connectivity index (χ0v) is 12.1. The fourth-order valence-corrected chi connectivity index (χ4v) is 1.76. The molecule has 0 atom stereocenters. The quantitative estimate of drug-likeness (QED) is 0.797. The summed E-state index contributed by atoms with van der Waals surface area (Å²) in [5, 5.41) is 0. The zero-order chi connectivity index (χ0) is 14.6. The van der Waals surface area contributed by atoms with Crippen molar-refractivity contribution in [2.24, 2.45) is 0 Å². The number of ether oxygens (including phenoxy) is 1. The van der Waals surface area contributed by atoms with Crippen LogP contribution < -0.4 is 0 Å². The summed E-state index contributed by atoms with van der Waals surface area (Å²) in [5.74, 6) is -0.346. The van der Waals surface area contributed by atoms with Crippen LogP contribution in [0.5, 0.6) is 0 Å². The molecular weight excluding hydrogens is 250 g/mol. The Hall–Kier alpha value is -2.16. The van der Waals surface area contributed by atoms with Crippen molar-refractivity contribution in [2.45, 2.75) is 32.8 Å². The Morgan fingerprint density at radius 3 is 2.35 bits per heavy atom. The predicted octanol–water partition coefficient (Wildman–Crippen LogP) is 3.74. The summed E-state index contributed by atoms with van der Waals surface area (Å²) in [4.78, 5) is 16.2. The van der Waals surface area contributed by atoms with Gasteiger partial charge in [-0.15, -0.1) is 0 Å². The lowest BCUT2D eigenvalue weighted by molar-refractivity contribution is 0.0472. The van der Waals surface area contributed by atoms with Gasteiger partial charge in [-0.3, -0.25) is 4.98 Å². The number of carbonyl (C=O) groups is 1. The minimum Gasteiger partial charge on any atom is -0.457 e. The summed E-state index contributed by atoms with van der Waals surface area (Å²) < 4.78 is 5.26. The highest BCUT2D eigenvalue weighted by Crippen LogP contribution is 2.19. The maximum absolute atomic E-state index is 11.9. The number of hydrogen-bond donors (Lipinski definition) is 0. The van der Waals surface area contributed by atoms with Crippen LogP contribution in [0.15, 0.2) is 48.7 Å². The van der Waals surface area contributed by atoms with Gasteiger partial charge in [-0.1, -0.05) is 51.1 Å². The molecule has 0 amide bonds. The van der Waals surface area contributed by atoms with E-state index in [1.807, 2.05) is 36.4 Å². The van der Waals surface area contributed by atoms with Crippen molar-refractivity contribution in [1.29, 1.82) is 0 Å². The molecule has 0 unspecified atom stereocenters. The second-order valence-corrected chi connectivity index (χ2v) is 5.74. The summed E-state index contributed by atoms with van der Waals surface area (Å²) >= 11 is 0. The van der Waals surface area contributed by atoms with Crippen molar-refractivity contribution in [3.8, 4) is 0 Å². The zero-order valence-electron chi connectivity index (χ0n) is 12.1. The largest absolute Gasteiger partial charge is 0.457 e. The molecule has 0 radical (unpaired) electrons. The van der Waals surface area contributed by atoms with Crippen LogP contribution in [0.4, 0.5) is 0 Å². The fraction of sp³-hybridized carbons (Fsp3) is 0.294. The smallest absolute Gasteiger partial charge is 0.340 e. The van der Waals surface area contributed by atoms with E-state index in [0.29, 0.717) is 5.56 Å². The molecule has 0 spiro atoms. The van der Waals surface area contributed by atoms with E-state index in [2.05, 4.69) is 25.8 Å². The summed E-state index contributed by atoms with van der Waals surface area (Å²) in [5.41, 5.74) is 2.39. The van der Waals surface area contributed by atoms with Crippen molar-refractivity contribution in [3.63, 3.8) is 0 Å². The number of benzene rings is 1. The van der Waals surface area contributed by atoms with Crippen LogP contribution in [0.1, 0.15) is 42.4 Å². The third kappa shape index (κ3) is 3.67. The molecule has 0 saturated carbocycles. The lowest BCUT2D eigenvalue weighted by Gasteiger charge is -2.17. The molecule has 3 heteroatoms. The Morgan fingerprint density at radius 2 is 1.80 bits per heavy atom. The van der Waals surface area contributed by atoms with Gasteiger partial charge in [0.15, 0.2) is 0 Å². The van der Waals surface area contributed by atoms with Gasteiger partial charge in [0.2, 0.25) is 0 Å². The second kappa shape index (κ2) is 5.87. The molecule has 2 aromatic rings. The molecular formula is C17H19NO2. The van der Waals surface area contributed by atoms with Crippen molar-refractivity contribution < 1.29 is 9.53 Å². The molecule has 3 nitrogen and oxygen atoms in total. The van der Waals surface area contributed by atoms with E-state index in [4.69, 9.17) is 4.74 Å². The first-order chi connectivity index (χ1) is 9.47. The van der Waals surface area contributed by atoms with Crippen LogP contribution in [-0.4, -0.2) is 11.0 Å². The summed E-state index contributed by atoms with van der Waals surface area (Å²) in [6.07, 6.45) is 1.58. The molecule has 20 heavy (non-hydrogen) atoms. The molecule has 0 saturated heterocycles. The van der Waals surface area contributed by atoms with Crippen LogP contribution in [0.3, 0.4) is 0 Å². The lowest BCUT2D eigenvalue weighted by atomic mass is 9.91. The van der Waals surface area contributed by atoms with Crippen LogP contribution >= 0.6 is 0 Å². The summed E-state index contributed by atoms with van der Waals surface area (Å²) in [6, 6.07) is 13.3. The third-order valence-electron chi connectivity index (χ3n) is 2.98. The van der Waals surface area contributed by atoms with Crippen molar-refractivity contribution in [3.05, 3.63) is 65.5 Å². The van der Waals surface area contributed by atoms with Crippen molar-refractivity contribution in [2.75, 3.05) is 0 Å². The Morgan fingerprint density at radius 1 is 1.10 bits per heavy atom. The number of carbonyl (C=O) groups excluding carboxylic acids is 1. The molecule has 104 valence electrons. The highest BCUT2D eigenvalue weighted by atomic mass is 16.5. The number of pyridine rings is 1. The lowest BCUT2D eigenvalue weighted by Crippen LogP contribution is -2.14. The van der Waals surface area contributed by atoms with Crippen LogP contribution in [0.25, 0.3) is 0 Å². The molecule has 0 fully saturated rings.